The van der Waals surface area contributed by atoms with Gasteiger partial charge in [0.15, 0.2) is 5.96 Å². The molecule has 0 aromatic rings. The molecule has 0 atom stereocenters. The highest BCUT2D eigenvalue weighted by Crippen LogP contribution is 2.20. The summed E-state index contributed by atoms with van der Waals surface area (Å²) in [6.45, 7) is 5.16. The van der Waals surface area contributed by atoms with Gasteiger partial charge in [-0.05, 0) is 39.0 Å². The normalized spacial score (nSPS) is 16.5. The predicted molar refractivity (Wildman–Crippen MR) is 89.5 cm³/mol. The topological polar surface area (TPSA) is 45.7 Å². The number of rotatable bonds is 9. The molecule has 1 aliphatic carbocycles. The second-order valence-corrected chi connectivity index (χ2v) is 5.51. The second kappa shape index (κ2) is 12.5. The average Bonchev–Trinajstić information content (AvgIpc) is 2.52. The van der Waals surface area contributed by atoms with Crippen LogP contribution in [0.1, 0.15) is 58.3 Å². The monoisotopic (exact) mass is 293 g/mol. The number of aliphatic imine (C=N–C) groups is 1. The highest BCUT2D eigenvalue weighted by Gasteiger charge is 2.12. The van der Waals surface area contributed by atoms with Gasteiger partial charge in [-0.2, -0.15) is 0 Å². The maximum Gasteiger partial charge on any atom is 0.192 e. The van der Waals surface area contributed by atoms with Crippen LogP contribution in [0.25, 0.3) is 0 Å². The molecule has 0 unspecified atom stereocenters. The Morgan fingerprint density at radius 2 is 2.00 bits per heavy atom. The number of ether oxygens (including phenoxy) is 1. The summed E-state index contributed by atoms with van der Waals surface area (Å²) in [7, 11) is 0. The van der Waals surface area contributed by atoms with Crippen LogP contribution < -0.4 is 10.6 Å². The zero-order chi connectivity index (χ0) is 15.2. The van der Waals surface area contributed by atoms with Crippen molar-refractivity contribution in [1.29, 1.82) is 0 Å². The van der Waals surface area contributed by atoms with Gasteiger partial charge in [-0.3, -0.25) is 4.99 Å². The highest BCUT2D eigenvalue weighted by molar-refractivity contribution is 5.79. The van der Waals surface area contributed by atoms with Crippen molar-refractivity contribution in [2.45, 2.75) is 64.4 Å². The van der Waals surface area contributed by atoms with Gasteiger partial charge in [0, 0.05) is 19.7 Å². The van der Waals surface area contributed by atoms with E-state index in [1.165, 1.54) is 38.5 Å². The van der Waals surface area contributed by atoms with E-state index >= 15 is 0 Å². The number of guanidine groups is 1. The third kappa shape index (κ3) is 9.36. The van der Waals surface area contributed by atoms with Crippen molar-refractivity contribution in [2.24, 2.45) is 4.99 Å². The molecule has 1 saturated carbocycles. The summed E-state index contributed by atoms with van der Waals surface area (Å²) in [6, 6.07) is 0. The largest absolute Gasteiger partial charge is 0.378 e. The second-order valence-electron chi connectivity index (χ2n) is 5.51. The van der Waals surface area contributed by atoms with E-state index in [0.29, 0.717) is 12.6 Å². The molecule has 4 nitrogen and oxygen atoms in total. The molecule has 21 heavy (non-hydrogen) atoms. The summed E-state index contributed by atoms with van der Waals surface area (Å²) in [4.78, 5) is 4.50. The molecule has 2 N–H and O–H groups in total. The Morgan fingerprint density at radius 3 is 2.71 bits per heavy atom. The molecule has 0 heterocycles. The maximum atomic E-state index is 5.92. The van der Waals surface area contributed by atoms with Crippen LogP contribution in [-0.2, 0) is 4.74 Å². The average molecular weight is 293 g/mol. The summed E-state index contributed by atoms with van der Waals surface area (Å²) in [5.41, 5.74) is 0. The number of hydrogen-bond donors (Lipinski definition) is 2. The third-order valence-electron chi connectivity index (χ3n) is 3.68. The molecule has 1 fully saturated rings. The van der Waals surface area contributed by atoms with Gasteiger partial charge < -0.3 is 15.4 Å². The van der Waals surface area contributed by atoms with Crippen molar-refractivity contribution in [3.8, 4) is 12.3 Å². The fraction of sp³-hybridized carbons (Fsp3) is 0.824. The van der Waals surface area contributed by atoms with Gasteiger partial charge >= 0.3 is 0 Å². The SMILES string of the molecule is C#CCNC(=NCCCCCOC1CCCCC1)NCC. The molecular formula is C17H31N3O. The van der Waals surface area contributed by atoms with Crippen LogP contribution in [-0.4, -0.2) is 38.3 Å². The van der Waals surface area contributed by atoms with Gasteiger partial charge in [-0.25, -0.2) is 0 Å². The van der Waals surface area contributed by atoms with E-state index in [1.54, 1.807) is 0 Å². The minimum atomic E-state index is 0.515. The van der Waals surface area contributed by atoms with Crippen LogP contribution in [0.2, 0.25) is 0 Å². The quantitative estimate of drug-likeness (QED) is 0.297. The van der Waals surface area contributed by atoms with Crippen LogP contribution in [0.5, 0.6) is 0 Å². The third-order valence-corrected chi connectivity index (χ3v) is 3.68. The molecule has 120 valence electrons. The van der Waals surface area contributed by atoms with Gasteiger partial charge in [0.05, 0.1) is 12.6 Å². The zero-order valence-corrected chi connectivity index (χ0v) is 13.5. The Bertz CT molecular complexity index is 316. The molecule has 0 spiro atoms. The van der Waals surface area contributed by atoms with Gasteiger partial charge in [0.25, 0.3) is 0 Å². The van der Waals surface area contributed by atoms with Crippen molar-refractivity contribution in [3.63, 3.8) is 0 Å². The minimum Gasteiger partial charge on any atom is -0.378 e. The number of unbranched alkanes of at least 4 members (excludes halogenated alkanes) is 2. The lowest BCUT2D eigenvalue weighted by Crippen LogP contribution is -2.37. The molecule has 0 amide bonds. The number of terminal acetylenes is 1. The van der Waals surface area contributed by atoms with E-state index < -0.39 is 0 Å². The van der Waals surface area contributed by atoms with E-state index in [0.717, 1.165) is 38.5 Å². The summed E-state index contributed by atoms with van der Waals surface area (Å²) in [5.74, 6) is 3.37. The van der Waals surface area contributed by atoms with Gasteiger partial charge in [0.1, 0.15) is 0 Å². The standard InChI is InChI=1S/C17H31N3O/c1-3-13-19-17(18-4-2)20-14-9-6-10-15-21-16-11-7-5-8-12-16/h1,16H,4-15H2,2H3,(H2,18,19,20). The summed E-state index contributed by atoms with van der Waals surface area (Å²) in [6.07, 6.45) is 15.8. The smallest absolute Gasteiger partial charge is 0.192 e. The van der Waals surface area contributed by atoms with Crippen LogP contribution in [0.4, 0.5) is 0 Å². The van der Waals surface area contributed by atoms with Crippen molar-refractivity contribution < 1.29 is 4.74 Å². The Hall–Kier alpha value is -1.21. The first-order valence-corrected chi connectivity index (χ1v) is 8.44. The Kier molecular flexibility index (Phi) is 10.6. The Labute approximate surface area is 130 Å². The highest BCUT2D eigenvalue weighted by atomic mass is 16.5. The predicted octanol–water partition coefficient (Wildman–Crippen LogP) is 2.69. The molecule has 1 rings (SSSR count). The van der Waals surface area contributed by atoms with Gasteiger partial charge in [-0.1, -0.05) is 25.2 Å². The van der Waals surface area contributed by atoms with Crippen molar-refractivity contribution in [2.75, 3.05) is 26.2 Å². The fourth-order valence-corrected chi connectivity index (χ4v) is 2.54. The molecule has 0 aliphatic heterocycles. The van der Waals surface area contributed by atoms with Crippen molar-refractivity contribution in [1.82, 2.24) is 10.6 Å². The van der Waals surface area contributed by atoms with E-state index in [-0.39, 0.29) is 0 Å². The lowest BCUT2D eigenvalue weighted by atomic mass is 9.98. The molecule has 1 aliphatic rings. The van der Waals surface area contributed by atoms with E-state index in [1.807, 2.05) is 0 Å². The first-order valence-electron chi connectivity index (χ1n) is 8.44. The number of hydrogen-bond acceptors (Lipinski definition) is 2. The molecule has 0 radical (unpaired) electrons. The number of nitrogens with zero attached hydrogens (tertiary/aromatic N) is 1. The molecule has 4 heteroatoms. The van der Waals surface area contributed by atoms with Crippen LogP contribution in [0.15, 0.2) is 4.99 Å². The van der Waals surface area contributed by atoms with Crippen LogP contribution >= 0.6 is 0 Å². The summed E-state index contributed by atoms with van der Waals surface area (Å²) in [5, 5.41) is 6.27. The Balaban J connectivity index is 2.00. The molecule has 0 saturated heterocycles. The molecule has 0 bridgehead atoms. The maximum absolute atomic E-state index is 5.92. The fourth-order valence-electron chi connectivity index (χ4n) is 2.54. The number of nitrogens with one attached hydrogen (secondary N) is 2. The first kappa shape index (κ1) is 17.8. The van der Waals surface area contributed by atoms with Crippen molar-refractivity contribution in [3.05, 3.63) is 0 Å². The Morgan fingerprint density at radius 1 is 1.19 bits per heavy atom. The van der Waals surface area contributed by atoms with E-state index in [4.69, 9.17) is 11.2 Å². The van der Waals surface area contributed by atoms with Gasteiger partial charge in [0.2, 0.25) is 0 Å². The first-order chi connectivity index (χ1) is 10.4. The van der Waals surface area contributed by atoms with E-state index in [2.05, 4.69) is 28.5 Å². The zero-order valence-electron chi connectivity index (χ0n) is 13.5. The minimum absolute atomic E-state index is 0.515. The van der Waals surface area contributed by atoms with Crippen LogP contribution in [0.3, 0.4) is 0 Å². The van der Waals surface area contributed by atoms with Crippen molar-refractivity contribution >= 4 is 5.96 Å². The lowest BCUT2D eigenvalue weighted by Gasteiger charge is -2.21. The molecule has 0 aromatic carbocycles. The lowest BCUT2D eigenvalue weighted by molar-refractivity contribution is 0.0264. The molecule has 0 aromatic heterocycles. The van der Waals surface area contributed by atoms with Crippen LogP contribution in [0, 0.1) is 12.3 Å². The summed E-state index contributed by atoms with van der Waals surface area (Å²) < 4.78 is 5.92. The molecular weight excluding hydrogens is 262 g/mol. The van der Waals surface area contributed by atoms with Gasteiger partial charge in [-0.15, -0.1) is 6.42 Å². The summed E-state index contributed by atoms with van der Waals surface area (Å²) >= 11 is 0. The van der Waals surface area contributed by atoms with E-state index in [9.17, 15) is 0 Å².